The maximum atomic E-state index is 10.2. The topological polar surface area (TPSA) is 157 Å². The van der Waals surface area contributed by atoms with Crippen molar-refractivity contribution in [2.75, 3.05) is 13.2 Å². The Hall–Kier alpha value is -0.650. The normalized spacial score (nSPS) is 35.9. The fourth-order valence-electron chi connectivity index (χ4n) is 1.60. The van der Waals surface area contributed by atoms with Gasteiger partial charge in [0.15, 0.2) is 12.6 Å². The number of hydrogen-bond donors (Lipinski definition) is 6. The van der Waals surface area contributed by atoms with Crippen LogP contribution in [0.5, 0.6) is 0 Å². The molecule has 0 amide bonds. The first-order chi connectivity index (χ1) is 8.92. The molecule has 0 aromatic carbocycles. The summed E-state index contributed by atoms with van der Waals surface area (Å²) in [5, 5.41) is 55.4. The lowest BCUT2D eigenvalue weighted by molar-refractivity contribution is -0.192. The lowest BCUT2D eigenvalue weighted by Crippen LogP contribution is -2.42. The van der Waals surface area contributed by atoms with Crippen LogP contribution >= 0.6 is 0 Å². The summed E-state index contributed by atoms with van der Waals surface area (Å²) in [7, 11) is 0. The molecule has 1 fully saturated rings. The molecule has 1 rings (SSSR count). The molecule has 1 saturated heterocycles. The van der Waals surface area contributed by atoms with Crippen LogP contribution < -0.4 is 0 Å². The summed E-state index contributed by atoms with van der Waals surface area (Å²) in [5.41, 5.74) is 0. The van der Waals surface area contributed by atoms with Gasteiger partial charge in [-0.15, -0.1) is 0 Å². The van der Waals surface area contributed by atoms with Crippen LogP contribution in [0, 0.1) is 0 Å². The van der Waals surface area contributed by atoms with Crippen LogP contribution in [0.25, 0.3) is 0 Å². The third-order valence-corrected chi connectivity index (χ3v) is 2.81. The smallest absolute Gasteiger partial charge is 0.186 e. The van der Waals surface area contributed by atoms with E-state index in [1.54, 1.807) is 0 Å². The van der Waals surface area contributed by atoms with Gasteiger partial charge in [-0.05, 0) is 0 Å². The number of carbonyl (C=O) groups is 1. The van der Waals surface area contributed by atoms with Crippen molar-refractivity contribution in [1.29, 1.82) is 0 Å². The van der Waals surface area contributed by atoms with E-state index in [1.165, 1.54) is 0 Å². The molecular formula is C10H18O9. The number of ether oxygens (including phenoxy) is 2. The average Bonchev–Trinajstić information content (AvgIpc) is 2.70. The van der Waals surface area contributed by atoms with E-state index in [-0.39, 0.29) is 6.29 Å². The minimum Gasteiger partial charge on any atom is -0.394 e. The Morgan fingerprint density at radius 3 is 2.32 bits per heavy atom. The predicted octanol–water partition coefficient (Wildman–Crippen LogP) is -4.28. The summed E-state index contributed by atoms with van der Waals surface area (Å²) in [5.74, 6) is 0. The summed E-state index contributed by atoms with van der Waals surface area (Å²) in [6.45, 7) is -1.06. The Balaban J connectivity index is 2.42. The van der Waals surface area contributed by atoms with Crippen molar-refractivity contribution in [3.05, 3.63) is 0 Å². The van der Waals surface area contributed by atoms with Gasteiger partial charge in [-0.25, -0.2) is 0 Å². The average molecular weight is 282 g/mol. The number of carbonyl (C=O) groups excluding carboxylic acids is 1. The Morgan fingerprint density at radius 1 is 1.21 bits per heavy atom. The molecule has 9 heteroatoms. The van der Waals surface area contributed by atoms with Gasteiger partial charge >= 0.3 is 0 Å². The Labute approximate surface area is 108 Å². The van der Waals surface area contributed by atoms with Gasteiger partial charge in [0.25, 0.3) is 0 Å². The lowest BCUT2D eigenvalue weighted by Gasteiger charge is -2.22. The van der Waals surface area contributed by atoms with E-state index in [1.807, 2.05) is 0 Å². The summed E-state index contributed by atoms with van der Waals surface area (Å²) >= 11 is 0. The molecule has 9 nitrogen and oxygen atoms in total. The highest BCUT2D eigenvalue weighted by atomic mass is 16.7. The molecule has 7 atom stereocenters. The molecule has 19 heavy (non-hydrogen) atoms. The number of aliphatic hydroxyl groups excluding tert-OH is 6. The van der Waals surface area contributed by atoms with Crippen LogP contribution in [0.4, 0.5) is 0 Å². The van der Waals surface area contributed by atoms with Crippen molar-refractivity contribution in [3.63, 3.8) is 0 Å². The maximum absolute atomic E-state index is 10.2. The van der Waals surface area contributed by atoms with E-state index >= 15 is 0 Å². The van der Waals surface area contributed by atoms with Crippen LogP contribution in [0.1, 0.15) is 0 Å². The second-order valence-corrected chi connectivity index (χ2v) is 4.22. The van der Waals surface area contributed by atoms with E-state index in [9.17, 15) is 25.2 Å². The van der Waals surface area contributed by atoms with Crippen LogP contribution in [0.15, 0.2) is 0 Å². The third-order valence-electron chi connectivity index (χ3n) is 2.81. The van der Waals surface area contributed by atoms with Gasteiger partial charge in [-0.1, -0.05) is 0 Å². The van der Waals surface area contributed by atoms with Gasteiger partial charge in [0.2, 0.25) is 0 Å². The van der Waals surface area contributed by atoms with Crippen LogP contribution in [0.2, 0.25) is 0 Å². The molecule has 1 aliphatic rings. The maximum Gasteiger partial charge on any atom is 0.186 e. The molecule has 1 heterocycles. The fourth-order valence-corrected chi connectivity index (χ4v) is 1.60. The molecule has 0 spiro atoms. The van der Waals surface area contributed by atoms with E-state index < -0.39 is 56.1 Å². The lowest BCUT2D eigenvalue weighted by atomic mass is 10.1. The quantitative estimate of drug-likeness (QED) is 0.254. The zero-order valence-electron chi connectivity index (χ0n) is 9.94. The third kappa shape index (κ3) is 3.91. The van der Waals surface area contributed by atoms with Crippen molar-refractivity contribution in [1.82, 2.24) is 0 Å². The second-order valence-electron chi connectivity index (χ2n) is 4.22. The molecule has 0 aromatic heterocycles. The zero-order chi connectivity index (χ0) is 14.6. The van der Waals surface area contributed by atoms with Gasteiger partial charge in [0.05, 0.1) is 13.2 Å². The summed E-state index contributed by atoms with van der Waals surface area (Å²) in [6, 6.07) is 0. The molecule has 0 saturated carbocycles. The molecule has 6 N–H and O–H groups in total. The molecule has 0 radical (unpaired) electrons. The highest BCUT2D eigenvalue weighted by molar-refractivity contribution is 5.56. The molecule has 1 aliphatic heterocycles. The van der Waals surface area contributed by atoms with Crippen LogP contribution in [-0.4, -0.2) is 93.1 Å². The highest BCUT2D eigenvalue weighted by Crippen LogP contribution is 2.22. The first kappa shape index (κ1) is 16.4. The van der Waals surface area contributed by atoms with Gasteiger partial charge in [0, 0.05) is 0 Å². The minimum absolute atomic E-state index is 0.0559. The van der Waals surface area contributed by atoms with Gasteiger partial charge in [0.1, 0.15) is 36.6 Å². The first-order valence-electron chi connectivity index (χ1n) is 5.66. The zero-order valence-corrected chi connectivity index (χ0v) is 9.94. The Bertz CT molecular complexity index is 286. The van der Waals surface area contributed by atoms with E-state index in [0.29, 0.717) is 0 Å². The van der Waals surface area contributed by atoms with Gasteiger partial charge in [-0.2, -0.15) is 0 Å². The molecule has 0 aliphatic carbocycles. The molecule has 0 bridgehead atoms. The van der Waals surface area contributed by atoms with Crippen molar-refractivity contribution in [3.8, 4) is 0 Å². The first-order valence-corrected chi connectivity index (χ1v) is 5.66. The van der Waals surface area contributed by atoms with E-state index in [2.05, 4.69) is 0 Å². The number of hydrogen-bond acceptors (Lipinski definition) is 9. The summed E-state index contributed by atoms with van der Waals surface area (Å²) < 4.78 is 9.87. The number of aldehydes is 1. The molecular weight excluding hydrogens is 264 g/mol. The number of aliphatic hydroxyl groups is 6. The fraction of sp³-hybridized carbons (Fsp3) is 0.900. The molecule has 0 aromatic rings. The van der Waals surface area contributed by atoms with Crippen molar-refractivity contribution >= 4 is 6.29 Å². The van der Waals surface area contributed by atoms with Gasteiger partial charge < -0.3 is 44.9 Å². The Morgan fingerprint density at radius 2 is 1.84 bits per heavy atom. The largest absolute Gasteiger partial charge is 0.394 e. The van der Waals surface area contributed by atoms with Crippen molar-refractivity contribution < 1.29 is 44.9 Å². The standard InChI is InChI=1S/C10H18O9/c11-1-4(13)7(15)5(14)3-18-10-9(17)8(16)6(2-12)19-10/h1,4-10,12-17H,2-3H2. The summed E-state index contributed by atoms with van der Waals surface area (Å²) in [4.78, 5) is 10.2. The molecule has 112 valence electrons. The monoisotopic (exact) mass is 282 g/mol. The number of rotatable bonds is 7. The van der Waals surface area contributed by atoms with Crippen LogP contribution in [0.3, 0.4) is 0 Å². The molecule has 7 unspecified atom stereocenters. The second kappa shape index (κ2) is 7.22. The SMILES string of the molecule is O=CC(O)C(O)C(O)COC1OC(CO)C(O)C1O. The highest BCUT2D eigenvalue weighted by Gasteiger charge is 2.43. The van der Waals surface area contributed by atoms with Gasteiger partial charge in [-0.3, -0.25) is 0 Å². The Kier molecular flexibility index (Phi) is 6.23. The van der Waals surface area contributed by atoms with Crippen LogP contribution in [-0.2, 0) is 14.3 Å². The van der Waals surface area contributed by atoms with Crippen molar-refractivity contribution in [2.45, 2.75) is 42.9 Å². The summed E-state index contributed by atoms with van der Waals surface area (Å²) in [6.07, 6.45) is -10.1. The van der Waals surface area contributed by atoms with E-state index in [0.717, 1.165) is 0 Å². The minimum atomic E-state index is -1.76. The van der Waals surface area contributed by atoms with Crippen molar-refractivity contribution in [2.24, 2.45) is 0 Å². The predicted molar refractivity (Wildman–Crippen MR) is 57.8 cm³/mol. The van der Waals surface area contributed by atoms with E-state index in [4.69, 9.17) is 19.7 Å².